The van der Waals surface area contributed by atoms with Gasteiger partial charge in [-0.15, -0.1) is 0 Å². The third-order valence-corrected chi connectivity index (χ3v) is 2.44. The van der Waals surface area contributed by atoms with Crippen LogP contribution in [-0.2, 0) is 0 Å². The SMILES string of the molecule is CCC#Cc1ccc2c(ccn2C(C)=O)c1. The summed E-state index contributed by atoms with van der Waals surface area (Å²) in [5, 5.41) is 1.05. The van der Waals surface area contributed by atoms with Crippen LogP contribution in [0.5, 0.6) is 0 Å². The number of carbonyl (C=O) groups is 1. The number of hydrogen-bond acceptors (Lipinski definition) is 1. The second-order valence-electron chi connectivity index (χ2n) is 3.63. The van der Waals surface area contributed by atoms with Crippen molar-refractivity contribution in [1.29, 1.82) is 0 Å². The molecule has 0 saturated carbocycles. The third-order valence-electron chi connectivity index (χ3n) is 2.44. The maximum Gasteiger partial charge on any atom is 0.227 e. The molecule has 0 bridgehead atoms. The van der Waals surface area contributed by atoms with Crippen molar-refractivity contribution >= 4 is 16.8 Å². The van der Waals surface area contributed by atoms with E-state index in [0.29, 0.717) is 0 Å². The van der Waals surface area contributed by atoms with E-state index in [-0.39, 0.29) is 5.91 Å². The van der Waals surface area contributed by atoms with E-state index in [1.54, 1.807) is 17.7 Å². The normalized spacial score (nSPS) is 9.88. The van der Waals surface area contributed by atoms with E-state index in [4.69, 9.17) is 0 Å². The Hall–Kier alpha value is -2.01. The number of rotatable bonds is 0. The van der Waals surface area contributed by atoms with Crippen LogP contribution in [0.15, 0.2) is 30.5 Å². The summed E-state index contributed by atoms with van der Waals surface area (Å²) >= 11 is 0. The van der Waals surface area contributed by atoms with Crippen molar-refractivity contribution in [3.63, 3.8) is 0 Å². The van der Waals surface area contributed by atoms with Gasteiger partial charge in [-0.05, 0) is 24.3 Å². The van der Waals surface area contributed by atoms with E-state index < -0.39 is 0 Å². The molecule has 0 aliphatic heterocycles. The molecule has 1 aromatic heterocycles. The minimum Gasteiger partial charge on any atom is -0.287 e. The van der Waals surface area contributed by atoms with Crippen LogP contribution in [0.2, 0.25) is 0 Å². The van der Waals surface area contributed by atoms with Crippen LogP contribution in [0.1, 0.15) is 30.6 Å². The molecule has 1 aromatic carbocycles. The van der Waals surface area contributed by atoms with E-state index >= 15 is 0 Å². The van der Waals surface area contributed by atoms with Gasteiger partial charge < -0.3 is 0 Å². The summed E-state index contributed by atoms with van der Waals surface area (Å²) in [5.41, 5.74) is 1.94. The average molecular weight is 211 g/mol. The van der Waals surface area contributed by atoms with Gasteiger partial charge in [0.25, 0.3) is 0 Å². The predicted molar refractivity (Wildman–Crippen MR) is 65.4 cm³/mol. The van der Waals surface area contributed by atoms with E-state index in [1.165, 1.54) is 0 Å². The first-order valence-corrected chi connectivity index (χ1v) is 5.33. The molecule has 1 heterocycles. The molecular formula is C14H13NO. The van der Waals surface area contributed by atoms with Gasteiger partial charge >= 0.3 is 0 Å². The van der Waals surface area contributed by atoms with Gasteiger partial charge in [-0.1, -0.05) is 18.8 Å². The van der Waals surface area contributed by atoms with Gasteiger partial charge in [0.05, 0.1) is 5.52 Å². The molecule has 0 aliphatic rings. The first kappa shape index (κ1) is 10.5. The van der Waals surface area contributed by atoms with Gasteiger partial charge in [-0.25, -0.2) is 0 Å². The van der Waals surface area contributed by atoms with Crippen LogP contribution < -0.4 is 0 Å². The fourth-order valence-electron chi connectivity index (χ4n) is 1.69. The molecule has 2 rings (SSSR count). The number of carbonyl (C=O) groups excluding carboxylic acids is 1. The average Bonchev–Trinajstić information content (AvgIpc) is 2.69. The second kappa shape index (κ2) is 4.24. The summed E-state index contributed by atoms with van der Waals surface area (Å²) in [6, 6.07) is 7.84. The second-order valence-corrected chi connectivity index (χ2v) is 3.63. The lowest BCUT2D eigenvalue weighted by Gasteiger charge is -1.99. The van der Waals surface area contributed by atoms with Gasteiger partial charge in [0.2, 0.25) is 5.91 Å². The highest BCUT2D eigenvalue weighted by atomic mass is 16.1. The zero-order valence-electron chi connectivity index (χ0n) is 9.45. The van der Waals surface area contributed by atoms with Crippen molar-refractivity contribution < 1.29 is 4.79 Å². The minimum absolute atomic E-state index is 0.0300. The third kappa shape index (κ3) is 1.85. The van der Waals surface area contributed by atoms with Crippen LogP contribution in [0.25, 0.3) is 10.9 Å². The molecule has 0 saturated heterocycles. The highest BCUT2D eigenvalue weighted by Gasteiger charge is 2.03. The Morgan fingerprint density at radius 1 is 1.38 bits per heavy atom. The Labute approximate surface area is 94.9 Å². The van der Waals surface area contributed by atoms with Crippen molar-refractivity contribution in [2.24, 2.45) is 0 Å². The summed E-state index contributed by atoms with van der Waals surface area (Å²) in [7, 11) is 0. The quantitative estimate of drug-likeness (QED) is 0.614. The molecule has 2 aromatic rings. The van der Waals surface area contributed by atoms with Crippen LogP contribution in [0, 0.1) is 11.8 Å². The maximum atomic E-state index is 11.3. The summed E-state index contributed by atoms with van der Waals surface area (Å²) in [4.78, 5) is 11.3. The van der Waals surface area contributed by atoms with Crippen LogP contribution in [-0.4, -0.2) is 10.5 Å². The highest BCUT2D eigenvalue weighted by molar-refractivity contribution is 5.92. The largest absolute Gasteiger partial charge is 0.287 e. The number of aromatic nitrogens is 1. The van der Waals surface area contributed by atoms with Crippen molar-refractivity contribution in [2.45, 2.75) is 20.3 Å². The molecular weight excluding hydrogens is 198 g/mol. The molecule has 0 amide bonds. The van der Waals surface area contributed by atoms with Crippen molar-refractivity contribution in [3.8, 4) is 11.8 Å². The maximum absolute atomic E-state index is 11.3. The molecule has 0 radical (unpaired) electrons. The standard InChI is InChI=1S/C14H13NO/c1-3-4-5-12-6-7-14-13(10-12)8-9-15(14)11(2)16/h6-10H,3H2,1-2H3. The van der Waals surface area contributed by atoms with Gasteiger partial charge in [0, 0.05) is 30.5 Å². The first-order valence-electron chi connectivity index (χ1n) is 5.33. The summed E-state index contributed by atoms with van der Waals surface area (Å²) in [6.45, 7) is 3.59. The van der Waals surface area contributed by atoms with Crippen LogP contribution in [0.4, 0.5) is 0 Å². The Kier molecular flexibility index (Phi) is 2.78. The first-order chi connectivity index (χ1) is 7.72. The molecule has 0 atom stereocenters. The molecule has 2 heteroatoms. The molecule has 0 N–H and O–H groups in total. The molecule has 0 spiro atoms. The fraction of sp³-hybridized carbons (Fsp3) is 0.214. The van der Waals surface area contributed by atoms with Gasteiger partial charge in [0.15, 0.2) is 0 Å². The van der Waals surface area contributed by atoms with E-state index in [0.717, 1.165) is 22.9 Å². The van der Waals surface area contributed by atoms with Crippen molar-refractivity contribution in [3.05, 3.63) is 36.0 Å². The minimum atomic E-state index is 0.0300. The Balaban J connectivity index is 2.53. The van der Waals surface area contributed by atoms with Crippen LogP contribution in [0.3, 0.4) is 0 Å². The molecule has 0 fully saturated rings. The zero-order chi connectivity index (χ0) is 11.5. The van der Waals surface area contributed by atoms with Crippen molar-refractivity contribution in [1.82, 2.24) is 4.57 Å². The van der Waals surface area contributed by atoms with E-state index in [9.17, 15) is 4.79 Å². The van der Waals surface area contributed by atoms with E-state index in [1.807, 2.05) is 31.2 Å². The fourth-order valence-corrected chi connectivity index (χ4v) is 1.69. The topological polar surface area (TPSA) is 22.0 Å². The number of benzene rings is 1. The molecule has 0 unspecified atom stereocenters. The summed E-state index contributed by atoms with van der Waals surface area (Å²) < 4.78 is 1.65. The van der Waals surface area contributed by atoms with Crippen LogP contribution >= 0.6 is 0 Å². The number of hydrogen-bond donors (Lipinski definition) is 0. The highest BCUT2D eigenvalue weighted by Crippen LogP contribution is 2.17. The van der Waals surface area contributed by atoms with Crippen molar-refractivity contribution in [2.75, 3.05) is 0 Å². The Bertz CT molecular complexity index is 596. The van der Waals surface area contributed by atoms with Gasteiger partial charge in [-0.2, -0.15) is 0 Å². The Morgan fingerprint density at radius 3 is 2.88 bits per heavy atom. The monoisotopic (exact) mass is 211 g/mol. The Morgan fingerprint density at radius 2 is 2.19 bits per heavy atom. The number of nitrogens with zero attached hydrogens (tertiary/aromatic N) is 1. The van der Waals surface area contributed by atoms with E-state index in [2.05, 4.69) is 11.8 Å². The smallest absolute Gasteiger partial charge is 0.227 e. The van der Waals surface area contributed by atoms with Gasteiger partial charge in [0.1, 0.15) is 0 Å². The number of fused-ring (bicyclic) bond motifs is 1. The summed E-state index contributed by atoms with van der Waals surface area (Å²) in [6.07, 6.45) is 2.65. The lowest BCUT2D eigenvalue weighted by atomic mass is 10.1. The lowest BCUT2D eigenvalue weighted by Crippen LogP contribution is -2.02. The lowest BCUT2D eigenvalue weighted by molar-refractivity contribution is 0.0941. The molecule has 2 nitrogen and oxygen atoms in total. The zero-order valence-corrected chi connectivity index (χ0v) is 9.45. The molecule has 80 valence electrons. The molecule has 16 heavy (non-hydrogen) atoms. The summed E-state index contributed by atoms with van der Waals surface area (Å²) in [5.74, 6) is 6.15. The van der Waals surface area contributed by atoms with Gasteiger partial charge in [-0.3, -0.25) is 9.36 Å². The molecule has 0 aliphatic carbocycles. The predicted octanol–water partition coefficient (Wildman–Crippen LogP) is 3.06.